The molecule has 1 aliphatic heterocycles. The lowest BCUT2D eigenvalue weighted by atomic mass is 10.1. The van der Waals surface area contributed by atoms with E-state index in [1.54, 1.807) is 6.92 Å². The minimum atomic E-state index is -0.725. The van der Waals surface area contributed by atoms with Crippen LogP contribution in [-0.2, 0) is 9.59 Å². The standard InChI is InChI=1S/C12H11Cl2N3O3/c1-2-7-11(19)16-9(18)5-17(7)12(20)10-6(13)3-4-8(14)15-10/h3-4,7H,2,5H2,1H3,(H,16,18,19). The molecule has 1 N–H and O–H groups in total. The normalized spacial score (nSPS) is 18.9. The minimum absolute atomic E-state index is 0.0693. The Bertz CT molecular complexity index is 591. The number of piperazine rings is 1. The van der Waals surface area contributed by atoms with Crippen molar-refractivity contribution < 1.29 is 14.4 Å². The molecule has 0 spiro atoms. The van der Waals surface area contributed by atoms with Gasteiger partial charge in [-0.05, 0) is 18.6 Å². The van der Waals surface area contributed by atoms with Gasteiger partial charge in [0.25, 0.3) is 5.91 Å². The maximum absolute atomic E-state index is 12.4. The van der Waals surface area contributed by atoms with Crippen LogP contribution in [0.4, 0.5) is 0 Å². The van der Waals surface area contributed by atoms with E-state index in [0.29, 0.717) is 6.42 Å². The molecule has 0 aliphatic carbocycles. The molecule has 2 heterocycles. The number of rotatable bonds is 2. The third-order valence-electron chi connectivity index (χ3n) is 2.92. The number of hydrogen-bond acceptors (Lipinski definition) is 4. The van der Waals surface area contributed by atoms with Gasteiger partial charge in [-0.15, -0.1) is 0 Å². The number of aromatic nitrogens is 1. The van der Waals surface area contributed by atoms with E-state index < -0.39 is 23.8 Å². The Labute approximate surface area is 125 Å². The summed E-state index contributed by atoms with van der Waals surface area (Å²) in [6.45, 7) is 1.53. The molecule has 8 heteroatoms. The molecule has 20 heavy (non-hydrogen) atoms. The van der Waals surface area contributed by atoms with Crippen molar-refractivity contribution in [2.24, 2.45) is 0 Å². The van der Waals surface area contributed by atoms with Gasteiger partial charge in [0.05, 0.1) is 5.02 Å². The molecule has 0 aromatic carbocycles. The monoisotopic (exact) mass is 315 g/mol. The predicted molar refractivity (Wildman–Crippen MR) is 72.5 cm³/mol. The van der Waals surface area contributed by atoms with Gasteiger partial charge < -0.3 is 4.90 Å². The molecule has 2 rings (SSSR count). The highest BCUT2D eigenvalue weighted by Crippen LogP contribution is 2.21. The number of nitrogens with zero attached hydrogens (tertiary/aromatic N) is 2. The molecular formula is C12H11Cl2N3O3. The Morgan fingerprint density at radius 3 is 2.80 bits per heavy atom. The first kappa shape index (κ1) is 14.7. The Kier molecular flexibility index (Phi) is 4.25. The number of carbonyl (C=O) groups excluding carboxylic acids is 3. The Morgan fingerprint density at radius 1 is 1.45 bits per heavy atom. The average Bonchev–Trinajstić information content (AvgIpc) is 2.40. The van der Waals surface area contributed by atoms with Crippen LogP contribution in [-0.4, -0.2) is 40.2 Å². The van der Waals surface area contributed by atoms with Gasteiger partial charge in [0.1, 0.15) is 23.4 Å². The van der Waals surface area contributed by atoms with Gasteiger partial charge in [0, 0.05) is 0 Å². The van der Waals surface area contributed by atoms with Gasteiger partial charge in [-0.2, -0.15) is 0 Å². The van der Waals surface area contributed by atoms with Crippen molar-refractivity contribution in [2.75, 3.05) is 6.54 Å². The van der Waals surface area contributed by atoms with Crippen molar-refractivity contribution >= 4 is 40.9 Å². The van der Waals surface area contributed by atoms with Crippen LogP contribution in [0.3, 0.4) is 0 Å². The van der Waals surface area contributed by atoms with E-state index in [0.717, 1.165) is 4.90 Å². The van der Waals surface area contributed by atoms with Crippen molar-refractivity contribution in [2.45, 2.75) is 19.4 Å². The highest BCUT2D eigenvalue weighted by atomic mass is 35.5. The molecule has 0 saturated carbocycles. The van der Waals surface area contributed by atoms with Gasteiger partial charge in [0.15, 0.2) is 0 Å². The van der Waals surface area contributed by atoms with E-state index in [-0.39, 0.29) is 22.4 Å². The van der Waals surface area contributed by atoms with Crippen molar-refractivity contribution in [3.63, 3.8) is 0 Å². The van der Waals surface area contributed by atoms with Crippen LogP contribution in [0.1, 0.15) is 23.8 Å². The first-order valence-corrected chi connectivity index (χ1v) is 6.66. The Hall–Kier alpha value is -1.66. The largest absolute Gasteiger partial charge is 0.316 e. The van der Waals surface area contributed by atoms with Crippen LogP contribution in [0.2, 0.25) is 10.2 Å². The van der Waals surface area contributed by atoms with Crippen molar-refractivity contribution in [3.8, 4) is 0 Å². The Balaban J connectivity index is 2.37. The molecule has 106 valence electrons. The smallest absolute Gasteiger partial charge is 0.275 e. The molecule has 3 amide bonds. The number of nitrogens with one attached hydrogen (secondary N) is 1. The molecular weight excluding hydrogens is 305 g/mol. The summed E-state index contributed by atoms with van der Waals surface area (Å²) in [5, 5.41) is 2.42. The second kappa shape index (κ2) is 5.76. The highest BCUT2D eigenvalue weighted by molar-refractivity contribution is 6.34. The van der Waals surface area contributed by atoms with E-state index in [1.807, 2.05) is 0 Å². The zero-order chi connectivity index (χ0) is 14.9. The molecule has 1 aromatic heterocycles. The van der Waals surface area contributed by atoms with E-state index in [2.05, 4.69) is 10.3 Å². The first-order valence-electron chi connectivity index (χ1n) is 5.90. The number of hydrogen-bond donors (Lipinski definition) is 1. The molecule has 0 radical (unpaired) electrons. The number of halogens is 2. The van der Waals surface area contributed by atoms with Crippen LogP contribution >= 0.6 is 23.2 Å². The van der Waals surface area contributed by atoms with Crippen LogP contribution in [0.15, 0.2) is 12.1 Å². The SMILES string of the molecule is CCC1C(=O)NC(=O)CN1C(=O)c1nc(Cl)ccc1Cl. The Morgan fingerprint density at radius 2 is 2.15 bits per heavy atom. The topological polar surface area (TPSA) is 79.4 Å². The summed E-state index contributed by atoms with van der Waals surface area (Å²) in [4.78, 5) is 40.6. The van der Waals surface area contributed by atoms with Crippen LogP contribution < -0.4 is 5.32 Å². The minimum Gasteiger partial charge on any atom is -0.316 e. The second-order valence-electron chi connectivity index (χ2n) is 4.23. The maximum atomic E-state index is 12.4. The van der Waals surface area contributed by atoms with E-state index in [1.165, 1.54) is 12.1 Å². The van der Waals surface area contributed by atoms with E-state index in [9.17, 15) is 14.4 Å². The van der Waals surface area contributed by atoms with Gasteiger partial charge >= 0.3 is 0 Å². The van der Waals surface area contributed by atoms with E-state index in [4.69, 9.17) is 23.2 Å². The lowest BCUT2D eigenvalue weighted by molar-refractivity contribution is -0.138. The summed E-state index contributed by atoms with van der Waals surface area (Å²) in [7, 11) is 0. The summed E-state index contributed by atoms with van der Waals surface area (Å²) >= 11 is 11.7. The average molecular weight is 316 g/mol. The third-order valence-corrected chi connectivity index (χ3v) is 3.43. The molecule has 6 nitrogen and oxygen atoms in total. The fraction of sp³-hybridized carbons (Fsp3) is 0.333. The zero-order valence-electron chi connectivity index (χ0n) is 10.5. The number of imide groups is 1. The van der Waals surface area contributed by atoms with Gasteiger partial charge in [-0.25, -0.2) is 4.98 Å². The second-order valence-corrected chi connectivity index (χ2v) is 5.03. The number of pyridine rings is 1. The van der Waals surface area contributed by atoms with Crippen molar-refractivity contribution in [1.82, 2.24) is 15.2 Å². The van der Waals surface area contributed by atoms with Gasteiger partial charge in [-0.3, -0.25) is 19.7 Å². The van der Waals surface area contributed by atoms with Crippen molar-refractivity contribution in [3.05, 3.63) is 28.0 Å². The summed E-state index contributed by atoms with van der Waals surface area (Å²) < 4.78 is 0. The van der Waals surface area contributed by atoms with Gasteiger partial charge in [-0.1, -0.05) is 30.1 Å². The quantitative estimate of drug-likeness (QED) is 0.658. The first-order chi connectivity index (χ1) is 9.43. The summed E-state index contributed by atoms with van der Waals surface area (Å²) in [5.41, 5.74) is -0.0693. The molecule has 1 fully saturated rings. The molecule has 1 aliphatic rings. The zero-order valence-corrected chi connectivity index (χ0v) is 12.0. The van der Waals surface area contributed by atoms with Gasteiger partial charge in [0.2, 0.25) is 11.8 Å². The molecule has 1 unspecified atom stereocenters. The molecule has 0 bridgehead atoms. The fourth-order valence-electron chi connectivity index (χ4n) is 1.99. The molecule has 1 atom stereocenters. The maximum Gasteiger partial charge on any atom is 0.275 e. The fourth-order valence-corrected chi connectivity index (χ4v) is 2.32. The predicted octanol–water partition coefficient (Wildman–Crippen LogP) is 1.27. The lowest BCUT2D eigenvalue weighted by Crippen LogP contribution is -2.59. The van der Waals surface area contributed by atoms with Crippen LogP contribution in [0.5, 0.6) is 0 Å². The summed E-state index contributed by atoms with van der Waals surface area (Å²) in [6.07, 6.45) is 0.378. The number of amides is 3. The van der Waals surface area contributed by atoms with Crippen LogP contribution in [0, 0.1) is 0 Å². The number of carbonyl (C=O) groups is 3. The molecule has 1 aromatic rings. The van der Waals surface area contributed by atoms with Crippen LogP contribution in [0.25, 0.3) is 0 Å². The lowest BCUT2D eigenvalue weighted by Gasteiger charge is -2.33. The van der Waals surface area contributed by atoms with Crippen molar-refractivity contribution in [1.29, 1.82) is 0 Å². The summed E-state index contributed by atoms with van der Waals surface area (Å²) in [5.74, 6) is -1.63. The third kappa shape index (κ3) is 2.76. The highest BCUT2D eigenvalue weighted by Gasteiger charge is 2.37. The summed E-state index contributed by atoms with van der Waals surface area (Å²) in [6, 6.07) is 2.17. The van der Waals surface area contributed by atoms with E-state index >= 15 is 0 Å². The molecule has 1 saturated heterocycles.